The van der Waals surface area contributed by atoms with Crippen LogP contribution in [0.2, 0.25) is 5.02 Å². The standard InChI is InChI=1S/C16H14ClN3O2S/c1-9-4-5-11(13(17)6-9)12-7-10-8-18-16(23-3)19-14(10)20(22-2)15(12)21/h4-8H,1-3H3. The molecule has 3 aromatic rings. The highest BCUT2D eigenvalue weighted by molar-refractivity contribution is 7.98. The Morgan fingerprint density at radius 2 is 2.04 bits per heavy atom. The number of halogens is 1. The molecule has 0 fully saturated rings. The van der Waals surface area contributed by atoms with Gasteiger partial charge >= 0.3 is 0 Å². The number of hydrogen-bond acceptors (Lipinski definition) is 5. The second-order valence-electron chi connectivity index (χ2n) is 4.96. The lowest BCUT2D eigenvalue weighted by atomic mass is 10.0. The summed E-state index contributed by atoms with van der Waals surface area (Å²) >= 11 is 7.71. The molecule has 7 heteroatoms. The summed E-state index contributed by atoms with van der Waals surface area (Å²) in [7, 11) is 1.43. The smallest absolute Gasteiger partial charge is 0.293 e. The molecular weight excluding hydrogens is 334 g/mol. The van der Waals surface area contributed by atoms with Gasteiger partial charge in [0.15, 0.2) is 10.8 Å². The number of aryl methyl sites for hydroxylation is 1. The first-order valence-corrected chi connectivity index (χ1v) is 8.43. The van der Waals surface area contributed by atoms with E-state index in [1.165, 1.54) is 23.6 Å². The van der Waals surface area contributed by atoms with Crippen molar-refractivity contribution < 1.29 is 4.84 Å². The molecule has 0 aliphatic carbocycles. The minimum atomic E-state index is -0.309. The molecular formula is C16H14ClN3O2S. The van der Waals surface area contributed by atoms with Crippen LogP contribution >= 0.6 is 23.4 Å². The highest BCUT2D eigenvalue weighted by Gasteiger charge is 2.15. The van der Waals surface area contributed by atoms with Gasteiger partial charge in [-0.3, -0.25) is 4.79 Å². The van der Waals surface area contributed by atoms with Gasteiger partial charge in [-0.05, 0) is 30.9 Å². The predicted octanol–water partition coefficient (Wildman–Crippen LogP) is 3.20. The molecule has 0 aliphatic heterocycles. The number of fused-ring (bicyclic) bond motifs is 1. The van der Waals surface area contributed by atoms with Crippen LogP contribution in [0.3, 0.4) is 0 Å². The maximum atomic E-state index is 12.8. The van der Waals surface area contributed by atoms with E-state index >= 15 is 0 Å². The molecule has 2 heterocycles. The normalized spacial score (nSPS) is 11.0. The van der Waals surface area contributed by atoms with Gasteiger partial charge < -0.3 is 4.84 Å². The van der Waals surface area contributed by atoms with Crippen molar-refractivity contribution in [2.45, 2.75) is 12.1 Å². The summed E-state index contributed by atoms with van der Waals surface area (Å²) in [5, 5.41) is 1.80. The number of aromatic nitrogens is 3. The molecule has 0 radical (unpaired) electrons. The van der Waals surface area contributed by atoms with E-state index in [4.69, 9.17) is 16.4 Å². The van der Waals surface area contributed by atoms with Crippen molar-refractivity contribution in [3.8, 4) is 11.1 Å². The fraction of sp³-hybridized carbons (Fsp3) is 0.188. The van der Waals surface area contributed by atoms with Gasteiger partial charge in [-0.25, -0.2) is 9.97 Å². The average molecular weight is 348 g/mol. The lowest BCUT2D eigenvalue weighted by molar-refractivity contribution is 0.167. The largest absolute Gasteiger partial charge is 0.412 e. The Balaban J connectivity index is 2.35. The summed E-state index contributed by atoms with van der Waals surface area (Å²) in [4.78, 5) is 26.6. The van der Waals surface area contributed by atoms with Crippen molar-refractivity contribution in [3.63, 3.8) is 0 Å². The van der Waals surface area contributed by atoms with Gasteiger partial charge in [0.2, 0.25) is 0 Å². The van der Waals surface area contributed by atoms with E-state index in [-0.39, 0.29) is 5.56 Å². The summed E-state index contributed by atoms with van der Waals surface area (Å²) in [5.41, 5.74) is 2.26. The summed E-state index contributed by atoms with van der Waals surface area (Å²) in [6.07, 6.45) is 3.55. The van der Waals surface area contributed by atoms with Crippen LogP contribution in [0.15, 0.2) is 40.4 Å². The second-order valence-corrected chi connectivity index (χ2v) is 6.14. The molecule has 0 saturated heterocycles. The van der Waals surface area contributed by atoms with Crippen LogP contribution in [-0.4, -0.2) is 28.1 Å². The maximum Gasteiger partial charge on any atom is 0.293 e. The molecule has 0 aliphatic rings. The number of pyridine rings is 1. The van der Waals surface area contributed by atoms with Crippen molar-refractivity contribution >= 4 is 34.4 Å². The van der Waals surface area contributed by atoms with Crippen LogP contribution < -0.4 is 10.4 Å². The third-order valence-corrected chi connectivity index (χ3v) is 4.34. The highest BCUT2D eigenvalue weighted by Crippen LogP contribution is 2.28. The Kier molecular flexibility index (Phi) is 4.28. The van der Waals surface area contributed by atoms with Gasteiger partial charge in [-0.2, -0.15) is 0 Å². The van der Waals surface area contributed by atoms with E-state index in [0.29, 0.717) is 32.3 Å². The zero-order valence-electron chi connectivity index (χ0n) is 12.8. The lowest BCUT2D eigenvalue weighted by Gasteiger charge is -2.12. The molecule has 0 atom stereocenters. The van der Waals surface area contributed by atoms with Gasteiger partial charge in [0.25, 0.3) is 5.56 Å². The number of thioether (sulfide) groups is 1. The summed E-state index contributed by atoms with van der Waals surface area (Å²) in [6, 6.07) is 7.31. The Bertz CT molecular complexity index is 956. The van der Waals surface area contributed by atoms with E-state index in [1.807, 2.05) is 31.4 Å². The average Bonchev–Trinajstić information content (AvgIpc) is 2.54. The topological polar surface area (TPSA) is 57.0 Å². The van der Waals surface area contributed by atoms with Crippen LogP contribution in [0, 0.1) is 6.92 Å². The Morgan fingerprint density at radius 3 is 2.70 bits per heavy atom. The van der Waals surface area contributed by atoms with Crippen molar-refractivity contribution in [2.75, 3.05) is 13.4 Å². The first-order valence-electron chi connectivity index (χ1n) is 6.83. The summed E-state index contributed by atoms with van der Waals surface area (Å²) in [6.45, 7) is 1.95. The molecule has 1 aromatic carbocycles. The molecule has 2 aromatic heterocycles. The maximum absolute atomic E-state index is 12.8. The zero-order valence-corrected chi connectivity index (χ0v) is 14.4. The van der Waals surface area contributed by atoms with E-state index in [9.17, 15) is 4.79 Å². The summed E-state index contributed by atoms with van der Waals surface area (Å²) < 4.78 is 1.17. The quantitative estimate of drug-likeness (QED) is 0.538. The fourth-order valence-electron chi connectivity index (χ4n) is 2.35. The molecule has 0 bridgehead atoms. The lowest BCUT2D eigenvalue weighted by Crippen LogP contribution is -2.27. The molecule has 0 saturated carbocycles. The van der Waals surface area contributed by atoms with Crippen LogP contribution in [0.4, 0.5) is 0 Å². The molecule has 0 N–H and O–H groups in total. The van der Waals surface area contributed by atoms with E-state index in [0.717, 1.165) is 5.56 Å². The van der Waals surface area contributed by atoms with Gasteiger partial charge in [-0.1, -0.05) is 35.5 Å². The predicted molar refractivity (Wildman–Crippen MR) is 93.3 cm³/mol. The molecule has 3 rings (SSSR count). The zero-order chi connectivity index (χ0) is 16.6. The highest BCUT2D eigenvalue weighted by atomic mass is 35.5. The second kappa shape index (κ2) is 6.22. The number of benzene rings is 1. The van der Waals surface area contributed by atoms with Crippen molar-refractivity contribution in [3.05, 3.63) is 51.4 Å². The fourth-order valence-corrected chi connectivity index (χ4v) is 3.03. The van der Waals surface area contributed by atoms with Crippen molar-refractivity contribution in [1.29, 1.82) is 0 Å². The molecule has 118 valence electrons. The number of hydrogen-bond donors (Lipinski definition) is 0. The van der Waals surface area contributed by atoms with E-state index in [2.05, 4.69) is 9.97 Å². The molecule has 5 nitrogen and oxygen atoms in total. The van der Waals surface area contributed by atoms with Gasteiger partial charge in [0.1, 0.15) is 7.11 Å². The van der Waals surface area contributed by atoms with Crippen molar-refractivity contribution in [1.82, 2.24) is 14.7 Å². The van der Waals surface area contributed by atoms with Gasteiger partial charge in [-0.15, -0.1) is 4.73 Å². The van der Waals surface area contributed by atoms with E-state index < -0.39 is 0 Å². The number of rotatable bonds is 3. The van der Waals surface area contributed by atoms with Gasteiger partial charge in [0.05, 0.1) is 5.56 Å². The van der Waals surface area contributed by atoms with Gasteiger partial charge in [0, 0.05) is 22.2 Å². The Labute approximate surface area is 142 Å². The monoisotopic (exact) mass is 347 g/mol. The first kappa shape index (κ1) is 15.8. The molecule has 23 heavy (non-hydrogen) atoms. The first-order chi connectivity index (χ1) is 11.0. The van der Waals surface area contributed by atoms with Crippen LogP contribution in [0.5, 0.6) is 0 Å². The molecule has 0 amide bonds. The third kappa shape index (κ3) is 2.80. The van der Waals surface area contributed by atoms with E-state index in [1.54, 1.807) is 12.3 Å². The minimum Gasteiger partial charge on any atom is -0.412 e. The molecule has 0 spiro atoms. The molecule has 0 unspecified atom stereocenters. The SMILES string of the molecule is COn1c(=O)c(-c2ccc(C)cc2Cl)cc2cnc(SC)nc21. The minimum absolute atomic E-state index is 0.309. The third-order valence-electron chi connectivity index (χ3n) is 3.46. The van der Waals surface area contributed by atoms with Crippen molar-refractivity contribution in [2.24, 2.45) is 0 Å². The van der Waals surface area contributed by atoms with Crippen LogP contribution in [0.25, 0.3) is 22.2 Å². The Morgan fingerprint density at radius 1 is 1.26 bits per heavy atom. The summed E-state index contributed by atoms with van der Waals surface area (Å²) in [5.74, 6) is 0. The van der Waals surface area contributed by atoms with Crippen LogP contribution in [0.1, 0.15) is 5.56 Å². The number of nitrogens with zero attached hydrogens (tertiary/aromatic N) is 3. The Hall–Kier alpha value is -2.05. The van der Waals surface area contributed by atoms with Crippen LogP contribution in [-0.2, 0) is 0 Å².